The van der Waals surface area contributed by atoms with Crippen LogP contribution in [0.1, 0.15) is 24.5 Å². The maximum absolute atomic E-state index is 12.3. The topological polar surface area (TPSA) is 95.9 Å². The third-order valence-electron chi connectivity index (χ3n) is 3.98. The van der Waals surface area contributed by atoms with Crippen LogP contribution < -0.4 is 4.72 Å². The molecule has 7 nitrogen and oxygen atoms in total. The van der Waals surface area contributed by atoms with Crippen LogP contribution in [0.3, 0.4) is 0 Å². The van der Waals surface area contributed by atoms with Crippen LogP contribution in [-0.4, -0.2) is 57.2 Å². The molecule has 1 aromatic rings. The minimum atomic E-state index is -3.63. The monoisotopic (exact) mass is 356 g/mol. The molecule has 0 spiro atoms. The summed E-state index contributed by atoms with van der Waals surface area (Å²) in [6, 6.07) is 5.00. The Bertz CT molecular complexity index is 688. The van der Waals surface area contributed by atoms with Gasteiger partial charge in [-0.05, 0) is 43.0 Å². The van der Waals surface area contributed by atoms with Gasteiger partial charge in [0.25, 0.3) is 0 Å². The molecule has 24 heavy (non-hydrogen) atoms. The van der Waals surface area contributed by atoms with Crippen LogP contribution in [0.25, 0.3) is 0 Å². The molecule has 0 fully saturated rings. The van der Waals surface area contributed by atoms with Gasteiger partial charge in [0.15, 0.2) is 0 Å². The molecule has 8 heteroatoms. The fourth-order valence-corrected chi connectivity index (χ4v) is 3.71. The normalized spacial score (nSPS) is 15.9. The molecule has 1 aromatic carbocycles. The summed E-state index contributed by atoms with van der Waals surface area (Å²) in [5, 5.41) is 9.22. The van der Waals surface area contributed by atoms with E-state index in [2.05, 4.69) is 4.72 Å². The zero-order chi connectivity index (χ0) is 17.7. The van der Waals surface area contributed by atoms with Gasteiger partial charge >= 0.3 is 0 Å². The number of carbonyl (C=O) groups is 1. The molecule has 0 radical (unpaired) electrons. The Balaban J connectivity index is 2.13. The van der Waals surface area contributed by atoms with Gasteiger partial charge in [0.05, 0.1) is 11.0 Å². The predicted molar refractivity (Wildman–Crippen MR) is 88.9 cm³/mol. The van der Waals surface area contributed by atoms with Crippen molar-refractivity contribution in [1.29, 1.82) is 0 Å². The predicted octanol–water partition coefficient (Wildman–Crippen LogP) is 0.267. The quantitative estimate of drug-likeness (QED) is 0.731. The van der Waals surface area contributed by atoms with E-state index in [4.69, 9.17) is 4.74 Å². The summed E-state index contributed by atoms with van der Waals surface area (Å²) in [7, 11) is -2.16. The standard InChI is InChI=1S/C16H24N2O5S/c1-12(19)5-7-17-24(21,22)15-4-3-13-6-8-18(10-14(13)9-15)16(20)11-23-2/h3-4,9,12,17,19H,5-8,10-11H2,1-2H3/t12-/m0/s1. The number of nitrogens with zero attached hydrogens (tertiary/aromatic N) is 1. The number of hydrogen-bond donors (Lipinski definition) is 2. The Morgan fingerprint density at radius 3 is 2.83 bits per heavy atom. The number of ether oxygens (including phenoxy) is 1. The summed E-state index contributed by atoms with van der Waals surface area (Å²) in [5.74, 6) is -0.105. The number of benzene rings is 1. The van der Waals surface area contributed by atoms with Gasteiger partial charge in [-0.2, -0.15) is 0 Å². The van der Waals surface area contributed by atoms with E-state index in [-0.39, 0.29) is 24.0 Å². The van der Waals surface area contributed by atoms with Crippen molar-refractivity contribution < 1.29 is 23.1 Å². The molecule has 1 atom stereocenters. The average molecular weight is 356 g/mol. The van der Waals surface area contributed by atoms with Crippen LogP contribution in [0.4, 0.5) is 0 Å². The van der Waals surface area contributed by atoms with Crippen molar-refractivity contribution in [1.82, 2.24) is 9.62 Å². The molecule has 2 N–H and O–H groups in total. The highest BCUT2D eigenvalue weighted by Crippen LogP contribution is 2.22. The van der Waals surface area contributed by atoms with Crippen LogP contribution >= 0.6 is 0 Å². The maximum Gasteiger partial charge on any atom is 0.248 e. The third-order valence-corrected chi connectivity index (χ3v) is 5.43. The molecule has 1 amide bonds. The first kappa shape index (κ1) is 18.9. The molecule has 1 aliphatic heterocycles. The number of aliphatic hydroxyl groups excluding tert-OH is 1. The zero-order valence-electron chi connectivity index (χ0n) is 14.0. The van der Waals surface area contributed by atoms with Crippen LogP contribution in [0.5, 0.6) is 0 Å². The number of sulfonamides is 1. The molecule has 0 saturated carbocycles. The van der Waals surface area contributed by atoms with Gasteiger partial charge < -0.3 is 14.7 Å². The van der Waals surface area contributed by atoms with E-state index in [0.717, 1.165) is 11.1 Å². The van der Waals surface area contributed by atoms with Gasteiger partial charge in [-0.15, -0.1) is 0 Å². The second-order valence-corrected chi connectivity index (χ2v) is 7.73. The third kappa shape index (κ3) is 4.76. The highest BCUT2D eigenvalue weighted by atomic mass is 32.2. The van der Waals surface area contributed by atoms with Gasteiger partial charge in [0.2, 0.25) is 15.9 Å². The van der Waals surface area contributed by atoms with Crippen molar-refractivity contribution in [3.05, 3.63) is 29.3 Å². The maximum atomic E-state index is 12.3. The fraction of sp³-hybridized carbons (Fsp3) is 0.562. The first-order chi connectivity index (χ1) is 11.3. The highest BCUT2D eigenvalue weighted by Gasteiger charge is 2.23. The second-order valence-electron chi connectivity index (χ2n) is 5.96. The van der Waals surface area contributed by atoms with Gasteiger partial charge in [-0.25, -0.2) is 13.1 Å². The molecule has 0 aromatic heterocycles. The van der Waals surface area contributed by atoms with Crippen molar-refractivity contribution in [2.24, 2.45) is 0 Å². The molecule has 1 heterocycles. The van der Waals surface area contributed by atoms with Gasteiger partial charge in [-0.1, -0.05) is 6.07 Å². The Labute approximate surface area is 142 Å². The van der Waals surface area contributed by atoms with E-state index in [1.54, 1.807) is 30.0 Å². The smallest absolute Gasteiger partial charge is 0.248 e. The molecular formula is C16H24N2O5S. The largest absolute Gasteiger partial charge is 0.393 e. The minimum Gasteiger partial charge on any atom is -0.393 e. The number of amides is 1. The lowest BCUT2D eigenvalue weighted by atomic mass is 10.00. The first-order valence-corrected chi connectivity index (χ1v) is 9.38. The molecule has 2 rings (SSSR count). The molecule has 0 aliphatic carbocycles. The molecule has 134 valence electrons. The second kappa shape index (κ2) is 8.06. The summed E-state index contributed by atoms with van der Waals surface area (Å²) in [4.78, 5) is 13.8. The number of hydrogen-bond acceptors (Lipinski definition) is 5. The lowest BCUT2D eigenvalue weighted by molar-refractivity contribution is -0.136. The molecule has 0 saturated heterocycles. The molecular weight excluding hydrogens is 332 g/mol. The summed E-state index contributed by atoms with van der Waals surface area (Å²) in [6.45, 7) is 2.80. The van der Waals surface area contributed by atoms with Crippen LogP contribution in [0.2, 0.25) is 0 Å². The van der Waals surface area contributed by atoms with Gasteiger partial charge in [0, 0.05) is 26.7 Å². The summed E-state index contributed by atoms with van der Waals surface area (Å²) in [5.41, 5.74) is 1.89. The lowest BCUT2D eigenvalue weighted by Gasteiger charge is -2.29. The Hall–Kier alpha value is -1.48. The highest BCUT2D eigenvalue weighted by molar-refractivity contribution is 7.89. The van der Waals surface area contributed by atoms with Crippen molar-refractivity contribution in [2.45, 2.75) is 37.3 Å². The van der Waals surface area contributed by atoms with E-state index in [9.17, 15) is 18.3 Å². The lowest BCUT2D eigenvalue weighted by Crippen LogP contribution is -2.38. The van der Waals surface area contributed by atoms with E-state index in [1.165, 1.54) is 7.11 Å². The molecule has 0 unspecified atom stereocenters. The minimum absolute atomic E-state index is 0.0220. The number of methoxy groups -OCH3 is 1. The number of rotatable bonds is 7. The molecule has 1 aliphatic rings. The van der Waals surface area contributed by atoms with Crippen LogP contribution in [-0.2, 0) is 32.5 Å². The van der Waals surface area contributed by atoms with E-state index < -0.39 is 16.1 Å². The number of fused-ring (bicyclic) bond motifs is 1. The first-order valence-electron chi connectivity index (χ1n) is 7.89. The fourth-order valence-electron chi connectivity index (χ4n) is 2.61. The van der Waals surface area contributed by atoms with Crippen molar-refractivity contribution in [3.63, 3.8) is 0 Å². The number of nitrogens with one attached hydrogen (secondary N) is 1. The van der Waals surface area contributed by atoms with E-state index >= 15 is 0 Å². The van der Waals surface area contributed by atoms with Gasteiger partial charge in [0.1, 0.15) is 6.61 Å². The van der Waals surface area contributed by atoms with Crippen molar-refractivity contribution >= 4 is 15.9 Å². The molecule has 0 bridgehead atoms. The Morgan fingerprint density at radius 1 is 1.42 bits per heavy atom. The zero-order valence-corrected chi connectivity index (χ0v) is 14.8. The Kier molecular flexibility index (Phi) is 6.34. The van der Waals surface area contributed by atoms with Gasteiger partial charge in [-0.3, -0.25) is 4.79 Å². The SMILES string of the molecule is COCC(=O)N1CCc2ccc(S(=O)(=O)NCC[C@H](C)O)cc2C1. The van der Waals surface area contributed by atoms with E-state index in [0.29, 0.717) is 25.9 Å². The van der Waals surface area contributed by atoms with Crippen LogP contribution in [0.15, 0.2) is 23.1 Å². The summed E-state index contributed by atoms with van der Waals surface area (Å²) >= 11 is 0. The van der Waals surface area contributed by atoms with Crippen molar-refractivity contribution in [2.75, 3.05) is 26.8 Å². The Morgan fingerprint density at radius 2 is 2.17 bits per heavy atom. The number of carbonyl (C=O) groups excluding carboxylic acids is 1. The van der Waals surface area contributed by atoms with Crippen LogP contribution in [0, 0.1) is 0 Å². The van der Waals surface area contributed by atoms with Crippen molar-refractivity contribution in [3.8, 4) is 0 Å². The summed E-state index contributed by atoms with van der Waals surface area (Å²) in [6.07, 6.45) is 0.487. The van der Waals surface area contributed by atoms with E-state index in [1.807, 2.05) is 0 Å². The number of aliphatic hydroxyl groups is 1. The summed E-state index contributed by atoms with van der Waals surface area (Å²) < 4.78 is 32.0. The average Bonchev–Trinajstić information content (AvgIpc) is 2.53.